The summed E-state index contributed by atoms with van der Waals surface area (Å²) in [7, 11) is -3.92. The van der Waals surface area contributed by atoms with Gasteiger partial charge in [0.15, 0.2) is 0 Å². The number of nitrogens with zero attached hydrogens (tertiary/aromatic N) is 1. The molecule has 0 radical (unpaired) electrons. The van der Waals surface area contributed by atoms with Crippen LogP contribution in [0.1, 0.15) is 40.0 Å². The van der Waals surface area contributed by atoms with Crippen LogP contribution < -0.4 is 4.74 Å². The van der Waals surface area contributed by atoms with Crippen LogP contribution in [0.3, 0.4) is 0 Å². The van der Waals surface area contributed by atoms with Crippen molar-refractivity contribution in [1.82, 2.24) is 4.31 Å². The lowest BCUT2D eigenvalue weighted by molar-refractivity contribution is -0.142. The molecule has 1 heterocycles. The predicted molar refractivity (Wildman–Crippen MR) is 111 cm³/mol. The third kappa shape index (κ3) is 5.43. The molecule has 0 saturated carbocycles. The first-order chi connectivity index (χ1) is 13.2. The monoisotopic (exact) mass is 425 g/mol. The molecule has 1 aliphatic heterocycles. The predicted octanol–water partition coefficient (Wildman–Crippen LogP) is 3.23. The molecule has 1 aliphatic rings. The van der Waals surface area contributed by atoms with E-state index in [9.17, 15) is 18.3 Å². The van der Waals surface area contributed by atoms with E-state index in [0.29, 0.717) is 11.5 Å². The van der Waals surface area contributed by atoms with Crippen LogP contribution in [0.5, 0.6) is 5.75 Å². The van der Waals surface area contributed by atoms with Gasteiger partial charge in [-0.15, -0.1) is 0 Å². The molecule has 1 aromatic rings. The Labute approximate surface area is 171 Å². The summed E-state index contributed by atoms with van der Waals surface area (Å²) in [5, 5.41) is 9.62. The fourth-order valence-electron chi connectivity index (χ4n) is 3.00. The van der Waals surface area contributed by atoms with E-state index in [1.54, 1.807) is 26.0 Å². The highest BCUT2D eigenvalue weighted by atomic mass is 32.2. The Kier molecular flexibility index (Phi) is 7.81. The summed E-state index contributed by atoms with van der Waals surface area (Å²) in [6.45, 7) is 6.04. The smallest absolute Gasteiger partial charge is 0.323 e. The summed E-state index contributed by atoms with van der Waals surface area (Å²) in [5.41, 5.74) is 0. The molecule has 6 nitrogen and oxygen atoms in total. The van der Waals surface area contributed by atoms with Crippen molar-refractivity contribution in [2.24, 2.45) is 0 Å². The summed E-state index contributed by atoms with van der Waals surface area (Å²) in [6, 6.07) is 4.91. The number of sulfonamides is 1. The quantitative estimate of drug-likeness (QED) is 0.533. The van der Waals surface area contributed by atoms with Gasteiger partial charge in [0.25, 0.3) is 0 Å². The van der Waals surface area contributed by atoms with Crippen LogP contribution in [-0.4, -0.2) is 53.5 Å². The Hall–Kier alpha value is -1.69. The van der Waals surface area contributed by atoms with Gasteiger partial charge >= 0.3 is 5.97 Å². The molecule has 154 valence electrons. The highest BCUT2D eigenvalue weighted by Gasteiger charge is 2.48. The minimum absolute atomic E-state index is 0.0582. The van der Waals surface area contributed by atoms with Crippen molar-refractivity contribution >= 4 is 27.8 Å². The zero-order valence-electron chi connectivity index (χ0n) is 16.5. The zero-order chi connectivity index (χ0) is 20.8. The molecular formula is C20H27NO5S2. The average Bonchev–Trinajstić information content (AvgIpc) is 2.63. The number of carbonyl (C=O) groups is 1. The van der Waals surface area contributed by atoms with Gasteiger partial charge in [-0.3, -0.25) is 4.79 Å². The molecule has 1 N–H and O–H groups in total. The third-order valence-corrected chi connectivity index (χ3v) is 7.72. The molecule has 0 amide bonds. The third-order valence-electron chi connectivity index (χ3n) is 4.49. The number of hydrogen-bond acceptors (Lipinski definition) is 5. The van der Waals surface area contributed by atoms with Crippen molar-refractivity contribution in [3.63, 3.8) is 0 Å². The molecule has 1 aromatic carbocycles. The second kappa shape index (κ2) is 9.68. The van der Waals surface area contributed by atoms with E-state index in [1.807, 2.05) is 0 Å². The Bertz CT molecular complexity index is 838. The first kappa shape index (κ1) is 22.6. The summed E-state index contributed by atoms with van der Waals surface area (Å²) in [6.07, 6.45) is 3.00. The Morgan fingerprint density at radius 3 is 2.61 bits per heavy atom. The van der Waals surface area contributed by atoms with Crippen LogP contribution in [0.2, 0.25) is 0 Å². The number of rotatable bonds is 7. The molecule has 28 heavy (non-hydrogen) atoms. The normalized spacial score (nSPS) is 19.5. The largest absolute Gasteiger partial charge is 0.481 e. The molecule has 0 aliphatic carbocycles. The molecule has 0 spiro atoms. The van der Waals surface area contributed by atoms with E-state index < -0.39 is 26.8 Å². The van der Waals surface area contributed by atoms with E-state index in [-0.39, 0.29) is 18.0 Å². The van der Waals surface area contributed by atoms with Crippen LogP contribution in [-0.2, 0) is 14.8 Å². The maximum absolute atomic E-state index is 13.1. The Morgan fingerprint density at radius 1 is 1.32 bits per heavy atom. The maximum Gasteiger partial charge on any atom is 0.323 e. The number of ether oxygens (including phenoxy) is 1. The van der Waals surface area contributed by atoms with Crippen molar-refractivity contribution in [1.29, 1.82) is 0 Å². The van der Waals surface area contributed by atoms with Crippen molar-refractivity contribution in [3.05, 3.63) is 24.3 Å². The molecule has 1 atom stereocenters. The molecule has 1 unspecified atom stereocenters. The number of aliphatic carboxylic acids is 1. The van der Waals surface area contributed by atoms with Crippen molar-refractivity contribution < 1.29 is 23.1 Å². The van der Waals surface area contributed by atoms with E-state index in [1.165, 1.54) is 23.9 Å². The van der Waals surface area contributed by atoms with Crippen molar-refractivity contribution in [2.75, 3.05) is 18.9 Å². The summed E-state index contributed by atoms with van der Waals surface area (Å²) >= 11 is 1.47. The number of hydrogen-bond donors (Lipinski definition) is 1. The van der Waals surface area contributed by atoms with Gasteiger partial charge in [0.2, 0.25) is 10.0 Å². The standard InChI is InChI=1S/C20H27NO5S2/c1-4-5-6-7-8-14-26-16-9-11-17(12-10-16)28(24,25)21-13-15-27-20(2,3)18(21)19(22)23/h9-12,18H,4-6,13-15H2,1-3H3,(H,22,23). The lowest BCUT2D eigenvalue weighted by Gasteiger charge is -2.42. The van der Waals surface area contributed by atoms with Crippen LogP contribution in [0.15, 0.2) is 29.2 Å². The second-order valence-electron chi connectivity index (χ2n) is 7.03. The van der Waals surface area contributed by atoms with Gasteiger partial charge in [0.05, 0.1) is 4.90 Å². The lowest BCUT2D eigenvalue weighted by atomic mass is 10.0. The highest BCUT2D eigenvalue weighted by molar-refractivity contribution is 8.00. The number of unbranched alkanes of at least 4 members (excludes halogenated alkanes) is 2. The first-order valence-corrected chi connectivity index (χ1v) is 11.7. The van der Waals surface area contributed by atoms with Gasteiger partial charge in [-0.2, -0.15) is 16.1 Å². The molecular weight excluding hydrogens is 398 g/mol. The average molecular weight is 426 g/mol. The Morgan fingerprint density at radius 2 is 2.00 bits per heavy atom. The fraction of sp³-hybridized carbons (Fsp3) is 0.550. The van der Waals surface area contributed by atoms with Crippen LogP contribution >= 0.6 is 11.8 Å². The molecule has 1 saturated heterocycles. The van der Waals surface area contributed by atoms with E-state index in [4.69, 9.17) is 4.74 Å². The van der Waals surface area contributed by atoms with Gasteiger partial charge in [-0.1, -0.05) is 25.2 Å². The topological polar surface area (TPSA) is 83.9 Å². The minimum Gasteiger partial charge on any atom is -0.481 e. The molecule has 2 rings (SSSR count). The maximum atomic E-state index is 13.1. The SMILES string of the molecule is CCCCC#CCOc1ccc(S(=O)(=O)N2CCSC(C)(C)C2C(=O)O)cc1. The number of benzene rings is 1. The van der Waals surface area contributed by atoms with Gasteiger partial charge in [0.1, 0.15) is 18.4 Å². The number of carboxylic acid groups (broad SMARTS) is 1. The van der Waals surface area contributed by atoms with Crippen LogP contribution in [0.25, 0.3) is 0 Å². The number of carboxylic acids is 1. The van der Waals surface area contributed by atoms with Gasteiger partial charge in [0, 0.05) is 23.5 Å². The molecule has 0 aromatic heterocycles. The minimum atomic E-state index is -3.92. The molecule has 8 heteroatoms. The van der Waals surface area contributed by atoms with Gasteiger partial charge in [-0.05, 0) is 44.5 Å². The van der Waals surface area contributed by atoms with Crippen LogP contribution in [0, 0.1) is 11.8 Å². The van der Waals surface area contributed by atoms with Gasteiger partial charge in [-0.25, -0.2) is 8.42 Å². The fourth-order valence-corrected chi connectivity index (χ4v) is 6.10. The number of thioether (sulfide) groups is 1. The second-order valence-corrected chi connectivity index (χ2v) is 10.7. The van der Waals surface area contributed by atoms with Crippen molar-refractivity contribution in [2.45, 2.75) is 55.7 Å². The van der Waals surface area contributed by atoms with Crippen molar-refractivity contribution in [3.8, 4) is 17.6 Å². The molecule has 1 fully saturated rings. The summed E-state index contributed by atoms with van der Waals surface area (Å²) < 4.78 is 32.0. The van der Waals surface area contributed by atoms with E-state index in [2.05, 4.69) is 18.8 Å². The first-order valence-electron chi connectivity index (χ1n) is 9.27. The highest BCUT2D eigenvalue weighted by Crippen LogP contribution is 2.38. The lowest BCUT2D eigenvalue weighted by Crippen LogP contribution is -2.58. The van der Waals surface area contributed by atoms with E-state index >= 15 is 0 Å². The van der Waals surface area contributed by atoms with Gasteiger partial charge < -0.3 is 9.84 Å². The zero-order valence-corrected chi connectivity index (χ0v) is 18.1. The van der Waals surface area contributed by atoms with E-state index in [0.717, 1.165) is 23.6 Å². The summed E-state index contributed by atoms with van der Waals surface area (Å²) in [4.78, 5) is 11.8. The summed E-state index contributed by atoms with van der Waals surface area (Å²) in [5.74, 6) is 5.88. The molecule has 0 bridgehead atoms. The van der Waals surface area contributed by atoms with Crippen LogP contribution in [0.4, 0.5) is 0 Å². The Balaban J connectivity index is 2.12.